The van der Waals surface area contributed by atoms with Crippen LogP contribution in [0.25, 0.3) is 0 Å². The van der Waals surface area contributed by atoms with E-state index in [1.54, 1.807) is 0 Å². The number of ether oxygens (including phenoxy) is 2. The van der Waals surface area contributed by atoms with Gasteiger partial charge in [0.05, 0.1) is 20.3 Å². The van der Waals surface area contributed by atoms with E-state index >= 15 is 0 Å². The van der Waals surface area contributed by atoms with Crippen LogP contribution in [0.1, 0.15) is 39.5 Å². The summed E-state index contributed by atoms with van der Waals surface area (Å²) in [4.78, 5) is 14.7. The highest BCUT2D eigenvalue weighted by Crippen LogP contribution is 2.35. The Morgan fingerprint density at radius 3 is 2.95 bits per heavy atom. The van der Waals surface area contributed by atoms with Gasteiger partial charge in [0.1, 0.15) is 5.54 Å². The Hall–Kier alpha value is -0.650. The molecule has 0 aromatic heterocycles. The Morgan fingerprint density at radius 1 is 1.50 bits per heavy atom. The van der Waals surface area contributed by atoms with Crippen LogP contribution in [0.2, 0.25) is 0 Å². The monoisotopic (exact) mass is 284 g/mol. The van der Waals surface area contributed by atoms with Crippen LogP contribution < -0.4 is 5.32 Å². The van der Waals surface area contributed by atoms with Crippen molar-refractivity contribution in [1.82, 2.24) is 10.2 Å². The molecule has 5 heteroatoms. The van der Waals surface area contributed by atoms with Crippen molar-refractivity contribution in [1.29, 1.82) is 0 Å². The maximum absolute atomic E-state index is 12.2. The maximum Gasteiger partial charge on any atom is 0.326 e. The number of likely N-dealkylation sites (N-methyl/N-ethyl adjacent to an activating group) is 1. The predicted molar refractivity (Wildman–Crippen MR) is 77.7 cm³/mol. The smallest absolute Gasteiger partial charge is 0.326 e. The van der Waals surface area contributed by atoms with E-state index in [1.807, 2.05) is 6.92 Å². The standard InChI is InChI=1S/C15H28N2O3/c1-4-12-11-20-9-8-17(12)13-6-7-15(10-13,16-5-2)14(18)19-3/h12-13,16H,4-11H2,1-3H3. The predicted octanol–water partition coefficient (Wildman–Crippen LogP) is 1.17. The van der Waals surface area contributed by atoms with Crippen LogP contribution in [0.15, 0.2) is 0 Å². The third kappa shape index (κ3) is 3.00. The first-order valence-electron chi connectivity index (χ1n) is 7.83. The summed E-state index contributed by atoms with van der Waals surface area (Å²) in [6.45, 7) is 7.65. The molecule has 1 saturated heterocycles. The van der Waals surface area contributed by atoms with Gasteiger partial charge in [-0.25, -0.2) is 0 Å². The zero-order valence-electron chi connectivity index (χ0n) is 13.0. The van der Waals surface area contributed by atoms with Crippen molar-refractivity contribution in [3.8, 4) is 0 Å². The van der Waals surface area contributed by atoms with Gasteiger partial charge < -0.3 is 14.8 Å². The molecule has 0 aromatic carbocycles. The average Bonchev–Trinajstić information content (AvgIpc) is 2.92. The summed E-state index contributed by atoms with van der Waals surface area (Å²) in [7, 11) is 1.48. The lowest BCUT2D eigenvalue weighted by Crippen LogP contribution is -2.54. The molecule has 0 spiro atoms. The fourth-order valence-corrected chi connectivity index (χ4v) is 3.76. The molecular formula is C15H28N2O3. The number of methoxy groups -OCH3 is 1. The molecule has 2 fully saturated rings. The highest BCUT2D eigenvalue weighted by molar-refractivity contribution is 5.81. The molecule has 1 N–H and O–H groups in total. The van der Waals surface area contributed by atoms with Gasteiger partial charge in [0.15, 0.2) is 0 Å². The van der Waals surface area contributed by atoms with Gasteiger partial charge in [-0.2, -0.15) is 0 Å². The minimum Gasteiger partial charge on any atom is -0.468 e. The molecule has 2 rings (SSSR count). The van der Waals surface area contributed by atoms with Gasteiger partial charge in [-0.05, 0) is 32.2 Å². The average molecular weight is 284 g/mol. The molecule has 3 unspecified atom stereocenters. The summed E-state index contributed by atoms with van der Waals surface area (Å²) in [5.74, 6) is -0.108. The van der Waals surface area contributed by atoms with E-state index in [9.17, 15) is 4.79 Å². The fraction of sp³-hybridized carbons (Fsp3) is 0.933. The normalized spacial score (nSPS) is 35.1. The minimum absolute atomic E-state index is 0.108. The second-order valence-corrected chi connectivity index (χ2v) is 5.88. The molecule has 0 radical (unpaired) electrons. The molecular weight excluding hydrogens is 256 g/mol. The van der Waals surface area contributed by atoms with Crippen molar-refractivity contribution in [2.75, 3.05) is 33.4 Å². The number of hydrogen-bond donors (Lipinski definition) is 1. The molecule has 1 saturated carbocycles. The van der Waals surface area contributed by atoms with Crippen LogP contribution >= 0.6 is 0 Å². The Bertz CT molecular complexity index is 337. The molecule has 1 aliphatic heterocycles. The number of morpholine rings is 1. The van der Waals surface area contributed by atoms with Crippen molar-refractivity contribution in [2.24, 2.45) is 0 Å². The minimum atomic E-state index is -0.481. The Kier molecular flexibility index (Phi) is 5.41. The van der Waals surface area contributed by atoms with Crippen LogP contribution in [-0.2, 0) is 14.3 Å². The number of nitrogens with zero attached hydrogens (tertiary/aromatic N) is 1. The molecule has 0 amide bonds. The Morgan fingerprint density at radius 2 is 2.30 bits per heavy atom. The largest absolute Gasteiger partial charge is 0.468 e. The Balaban J connectivity index is 2.07. The molecule has 2 aliphatic rings. The number of carbonyl (C=O) groups excluding carboxylic acids is 1. The molecule has 116 valence electrons. The van der Waals surface area contributed by atoms with Crippen LogP contribution in [0.3, 0.4) is 0 Å². The lowest BCUT2D eigenvalue weighted by atomic mass is 9.96. The van der Waals surface area contributed by atoms with Gasteiger partial charge >= 0.3 is 5.97 Å². The highest BCUT2D eigenvalue weighted by atomic mass is 16.5. The van der Waals surface area contributed by atoms with Gasteiger partial charge in [-0.1, -0.05) is 13.8 Å². The lowest BCUT2D eigenvalue weighted by molar-refractivity contribution is -0.148. The molecule has 1 aliphatic carbocycles. The topological polar surface area (TPSA) is 50.8 Å². The Labute approximate surface area is 122 Å². The molecule has 3 atom stereocenters. The summed E-state index contributed by atoms with van der Waals surface area (Å²) >= 11 is 0. The number of hydrogen-bond acceptors (Lipinski definition) is 5. The fourth-order valence-electron chi connectivity index (χ4n) is 3.76. The summed E-state index contributed by atoms with van der Waals surface area (Å²) in [6, 6.07) is 0.950. The van der Waals surface area contributed by atoms with E-state index < -0.39 is 5.54 Å². The van der Waals surface area contributed by atoms with Crippen LogP contribution in [-0.4, -0.2) is 61.9 Å². The third-order valence-electron chi connectivity index (χ3n) is 4.79. The maximum atomic E-state index is 12.2. The molecule has 20 heavy (non-hydrogen) atoms. The molecule has 1 heterocycles. The van der Waals surface area contributed by atoms with Crippen molar-refractivity contribution >= 4 is 5.97 Å². The number of carbonyl (C=O) groups is 1. The first kappa shape index (κ1) is 15.7. The number of nitrogens with one attached hydrogen (secondary N) is 1. The van der Waals surface area contributed by atoms with E-state index in [4.69, 9.17) is 9.47 Å². The third-order valence-corrected chi connectivity index (χ3v) is 4.79. The van der Waals surface area contributed by atoms with E-state index in [0.29, 0.717) is 12.1 Å². The van der Waals surface area contributed by atoms with Gasteiger partial charge in [-0.15, -0.1) is 0 Å². The van der Waals surface area contributed by atoms with Gasteiger partial charge in [0.2, 0.25) is 0 Å². The second-order valence-electron chi connectivity index (χ2n) is 5.88. The molecule has 5 nitrogen and oxygen atoms in total. The van der Waals surface area contributed by atoms with Gasteiger partial charge in [0.25, 0.3) is 0 Å². The van der Waals surface area contributed by atoms with Crippen molar-refractivity contribution in [3.05, 3.63) is 0 Å². The van der Waals surface area contributed by atoms with E-state index in [0.717, 1.165) is 52.0 Å². The van der Waals surface area contributed by atoms with Crippen LogP contribution in [0.5, 0.6) is 0 Å². The highest BCUT2D eigenvalue weighted by Gasteiger charge is 2.48. The number of rotatable bonds is 5. The lowest BCUT2D eigenvalue weighted by Gasteiger charge is -2.40. The van der Waals surface area contributed by atoms with E-state index in [1.165, 1.54) is 7.11 Å². The first-order chi connectivity index (χ1) is 9.66. The summed E-state index contributed by atoms with van der Waals surface area (Å²) in [6.07, 6.45) is 3.87. The van der Waals surface area contributed by atoms with Gasteiger partial charge in [0, 0.05) is 18.6 Å². The summed E-state index contributed by atoms with van der Waals surface area (Å²) < 4.78 is 10.6. The van der Waals surface area contributed by atoms with Crippen molar-refractivity contribution in [2.45, 2.75) is 57.2 Å². The van der Waals surface area contributed by atoms with Crippen LogP contribution in [0.4, 0.5) is 0 Å². The molecule has 0 bridgehead atoms. The van der Waals surface area contributed by atoms with E-state index in [-0.39, 0.29) is 5.97 Å². The summed E-state index contributed by atoms with van der Waals surface area (Å²) in [5, 5.41) is 3.38. The molecule has 0 aromatic rings. The van der Waals surface area contributed by atoms with E-state index in [2.05, 4.69) is 17.1 Å². The van der Waals surface area contributed by atoms with Gasteiger partial charge in [-0.3, -0.25) is 9.69 Å². The SMILES string of the molecule is CCNC1(C(=O)OC)CCC(N2CCOCC2CC)C1. The zero-order chi connectivity index (χ0) is 14.6. The van der Waals surface area contributed by atoms with Crippen molar-refractivity contribution < 1.29 is 14.3 Å². The van der Waals surface area contributed by atoms with Crippen LogP contribution in [0, 0.1) is 0 Å². The number of esters is 1. The van der Waals surface area contributed by atoms with Crippen molar-refractivity contribution in [3.63, 3.8) is 0 Å². The first-order valence-corrected chi connectivity index (χ1v) is 7.83. The summed E-state index contributed by atoms with van der Waals surface area (Å²) in [5.41, 5.74) is -0.481. The second kappa shape index (κ2) is 6.87. The zero-order valence-corrected chi connectivity index (χ0v) is 13.0. The quantitative estimate of drug-likeness (QED) is 0.768.